The van der Waals surface area contributed by atoms with Gasteiger partial charge in [-0.2, -0.15) is 0 Å². The molecule has 0 aromatic heterocycles. The van der Waals surface area contributed by atoms with Gasteiger partial charge in [-0.05, 0) is 72.0 Å². The number of rotatable bonds is 7. The van der Waals surface area contributed by atoms with Crippen LogP contribution in [0.25, 0.3) is 11.1 Å². The molecular weight excluding hydrogens is 476 g/mol. The van der Waals surface area contributed by atoms with Gasteiger partial charge in [-0.3, -0.25) is 4.31 Å². The average Bonchev–Trinajstić information content (AvgIpc) is 3.18. The third-order valence-corrected chi connectivity index (χ3v) is 7.97. The molecule has 1 unspecified atom stereocenters. The number of carboxylic acid groups (broad SMARTS) is 1. The first-order chi connectivity index (χ1) is 16.5. The summed E-state index contributed by atoms with van der Waals surface area (Å²) < 4.78 is 61.6. The minimum Gasteiger partial charge on any atom is -0.482 e. The molecule has 0 aliphatic carbocycles. The van der Waals surface area contributed by atoms with Crippen LogP contribution in [0.15, 0.2) is 59.5 Å². The van der Waals surface area contributed by atoms with Crippen molar-refractivity contribution in [2.75, 3.05) is 17.5 Å². The lowest BCUT2D eigenvalue weighted by Gasteiger charge is -2.21. The third kappa shape index (κ3) is 4.73. The molecule has 0 bridgehead atoms. The summed E-state index contributed by atoms with van der Waals surface area (Å²) in [6.07, 6.45) is 0. The zero-order valence-corrected chi connectivity index (χ0v) is 20.3. The van der Waals surface area contributed by atoms with Crippen molar-refractivity contribution in [3.63, 3.8) is 0 Å². The molecule has 0 radical (unpaired) electrons. The minimum absolute atomic E-state index is 0.0571. The Hall–Kier alpha value is -3.46. The van der Waals surface area contributed by atoms with Crippen LogP contribution in [0.2, 0.25) is 0 Å². The van der Waals surface area contributed by atoms with Crippen molar-refractivity contribution in [2.24, 2.45) is 5.92 Å². The Labute approximate surface area is 202 Å². The van der Waals surface area contributed by atoms with E-state index in [1.807, 2.05) is 13.8 Å². The van der Waals surface area contributed by atoms with Gasteiger partial charge in [0.2, 0.25) is 0 Å². The molecule has 4 rings (SSSR count). The molecule has 1 N–H and O–H groups in total. The topological polar surface area (TPSA) is 83.9 Å². The van der Waals surface area contributed by atoms with Crippen molar-refractivity contribution in [1.29, 1.82) is 0 Å². The molecule has 1 heterocycles. The number of aryl methyl sites for hydroxylation is 1. The highest BCUT2D eigenvalue weighted by molar-refractivity contribution is 7.92. The van der Waals surface area contributed by atoms with Gasteiger partial charge in [0.25, 0.3) is 10.0 Å². The molecule has 1 aliphatic heterocycles. The number of carboxylic acids is 1. The molecule has 35 heavy (non-hydrogen) atoms. The molecule has 3 aromatic carbocycles. The maximum absolute atomic E-state index is 14.4. The average molecular weight is 502 g/mol. The summed E-state index contributed by atoms with van der Waals surface area (Å²) >= 11 is 0. The summed E-state index contributed by atoms with van der Waals surface area (Å²) in [5.74, 6) is -2.21. The monoisotopic (exact) mass is 501 g/mol. The van der Waals surface area contributed by atoms with E-state index in [2.05, 4.69) is 0 Å². The van der Waals surface area contributed by atoms with Crippen LogP contribution in [0, 0.1) is 24.5 Å². The highest BCUT2D eigenvalue weighted by Gasteiger charge is 2.38. The van der Waals surface area contributed by atoms with Gasteiger partial charge >= 0.3 is 5.97 Å². The molecule has 3 aromatic rings. The van der Waals surface area contributed by atoms with Crippen molar-refractivity contribution in [3.8, 4) is 16.9 Å². The smallest absolute Gasteiger partial charge is 0.341 e. The molecule has 9 heteroatoms. The van der Waals surface area contributed by atoms with Crippen LogP contribution in [-0.4, -0.2) is 32.6 Å². The number of carbonyl (C=O) groups is 1. The number of sulfonamides is 1. The zero-order chi connectivity index (χ0) is 25.5. The number of fused-ring (bicyclic) bond motifs is 1. The molecule has 0 fully saturated rings. The summed E-state index contributed by atoms with van der Waals surface area (Å²) in [6, 6.07) is 12.7. The summed E-state index contributed by atoms with van der Waals surface area (Å²) in [4.78, 5) is 10.8. The maximum atomic E-state index is 14.4. The first-order valence-corrected chi connectivity index (χ1v) is 12.5. The van der Waals surface area contributed by atoms with Gasteiger partial charge in [0, 0.05) is 24.1 Å². The number of benzene rings is 3. The Morgan fingerprint density at radius 3 is 2.49 bits per heavy atom. The van der Waals surface area contributed by atoms with E-state index < -0.39 is 34.2 Å². The summed E-state index contributed by atoms with van der Waals surface area (Å²) in [5, 5.41) is 8.81. The normalized spacial score (nSPS) is 15.4. The van der Waals surface area contributed by atoms with E-state index in [0.717, 1.165) is 11.6 Å². The lowest BCUT2D eigenvalue weighted by Crippen LogP contribution is -2.30. The minimum atomic E-state index is -3.94. The van der Waals surface area contributed by atoms with Crippen molar-refractivity contribution in [2.45, 2.75) is 31.6 Å². The third-order valence-electron chi connectivity index (χ3n) is 6.19. The summed E-state index contributed by atoms with van der Waals surface area (Å²) in [6.45, 7) is 5.33. The molecule has 0 saturated heterocycles. The second-order valence-corrected chi connectivity index (χ2v) is 10.8. The van der Waals surface area contributed by atoms with E-state index in [1.54, 1.807) is 25.1 Å². The fraction of sp³-hybridized carbons (Fsp3) is 0.269. The van der Waals surface area contributed by atoms with Gasteiger partial charge in [0.05, 0.1) is 10.6 Å². The van der Waals surface area contributed by atoms with Crippen molar-refractivity contribution in [1.82, 2.24) is 0 Å². The van der Waals surface area contributed by atoms with Gasteiger partial charge in [-0.15, -0.1) is 0 Å². The second kappa shape index (κ2) is 9.30. The SMILES string of the molecule is Cc1cc(S(=O)(=O)N2CC(C(C)C)c3cc(-c4ccc(F)cc4F)ccc32)ccc1OCC(=O)O. The summed E-state index contributed by atoms with van der Waals surface area (Å²) in [5.41, 5.74) is 2.57. The van der Waals surface area contributed by atoms with E-state index in [0.29, 0.717) is 22.6 Å². The van der Waals surface area contributed by atoms with Crippen LogP contribution in [0.4, 0.5) is 14.5 Å². The van der Waals surface area contributed by atoms with Crippen LogP contribution in [0.5, 0.6) is 5.75 Å². The Morgan fingerprint density at radius 1 is 1.11 bits per heavy atom. The highest BCUT2D eigenvalue weighted by atomic mass is 32.2. The second-order valence-electron chi connectivity index (χ2n) is 8.89. The van der Waals surface area contributed by atoms with E-state index in [1.165, 1.54) is 34.6 Å². The van der Waals surface area contributed by atoms with E-state index in [4.69, 9.17) is 9.84 Å². The fourth-order valence-electron chi connectivity index (χ4n) is 4.35. The predicted octanol–water partition coefficient (Wildman–Crippen LogP) is 5.35. The Morgan fingerprint density at radius 2 is 1.86 bits per heavy atom. The highest BCUT2D eigenvalue weighted by Crippen LogP contribution is 2.45. The van der Waals surface area contributed by atoms with Crippen LogP contribution in [0.3, 0.4) is 0 Å². The lowest BCUT2D eigenvalue weighted by atomic mass is 9.88. The van der Waals surface area contributed by atoms with Crippen LogP contribution >= 0.6 is 0 Å². The van der Waals surface area contributed by atoms with E-state index in [9.17, 15) is 22.0 Å². The van der Waals surface area contributed by atoms with E-state index >= 15 is 0 Å². The Balaban J connectivity index is 1.73. The molecule has 0 amide bonds. The molecule has 1 aliphatic rings. The molecular formula is C26H25F2NO5S. The fourth-order valence-corrected chi connectivity index (χ4v) is 5.96. The van der Waals surface area contributed by atoms with Crippen molar-refractivity contribution >= 4 is 21.7 Å². The Bertz CT molecular complexity index is 1400. The van der Waals surface area contributed by atoms with Gasteiger partial charge in [0.15, 0.2) is 6.61 Å². The standard InChI is InChI=1S/C26H25F2NO5S/c1-15(2)22-13-29(35(32,33)19-6-9-25(16(3)10-19)34-14-26(30)31)24-8-4-17(11-21(22)24)20-7-5-18(27)12-23(20)28/h4-12,15,22H,13-14H2,1-3H3,(H,30,31). The van der Waals surface area contributed by atoms with E-state index in [-0.39, 0.29) is 28.8 Å². The van der Waals surface area contributed by atoms with Crippen molar-refractivity contribution in [3.05, 3.63) is 77.4 Å². The predicted molar refractivity (Wildman–Crippen MR) is 128 cm³/mol. The molecule has 184 valence electrons. The van der Waals surface area contributed by atoms with Crippen LogP contribution < -0.4 is 9.04 Å². The number of aliphatic carboxylic acids is 1. The Kier molecular flexibility index (Phi) is 6.55. The number of hydrogen-bond acceptors (Lipinski definition) is 4. The number of halogens is 2. The zero-order valence-electron chi connectivity index (χ0n) is 19.5. The largest absolute Gasteiger partial charge is 0.482 e. The number of hydrogen-bond donors (Lipinski definition) is 1. The van der Waals surface area contributed by atoms with Gasteiger partial charge in [0.1, 0.15) is 17.4 Å². The molecule has 6 nitrogen and oxygen atoms in total. The van der Waals surface area contributed by atoms with Crippen LogP contribution in [-0.2, 0) is 14.8 Å². The van der Waals surface area contributed by atoms with Crippen LogP contribution in [0.1, 0.15) is 30.9 Å². The number of nitrogens with zero attached hydrogens (tertiary/aromatic N) is 1. The number of ether oxygens (including phenoxy) is 1. The van der Waals surface area contributed by atoms with Crippen molar-refractivity contribution < 1.29 is 31.8 Å². The lowest BCUT2D eigenvalue weighted by molar-refractivity contribution is -0.139. The van der Waals surface area contributed by atoms with Gasteiger partial charge in [-0.25, -0.2) is 22.0 Å². The quantitative estimate of drug-likeness (QED) is 0.472. The molecule has 0 spiro atoms. The van der Waals surface area contributed by atoms with Gasteiger partial charge in [-0.1, -0.05) is 19.9 Å². The number of anilines is 1. The first kappa shape index (κ1) is 24.7. The summed E-state index contributed by atoms with van der Waals surface area (Å²) in [7, 11) is -3.94. The van der Waals surface area contributed by atoms with Gasteiger partial charge < -0.3 is 9.84 Å². The maximum Gasteiger partial charge on any atom is 0.341 e. The molecule has 0 saturated carbocycles. The molecule has 1 atom stereocenters. The first-order valence-electron chi connectivity index (χ1n) is 11.1.